The van der Waals surface area contributed by atoms with Crippen molar-refractivity contribution in [2.24, 2.45) is 0 Å². The first-order valence-corrected chi connectivity index (χ1v) is 8.79. The van der Waals surface area contributed by atoms with Crippen molar-refractivity contribution in [3.05, 3.63) is 78.9 Å². The SMILES string of the molecule is CCCCn1cc[n+](Cc2c3ccccc3cc3ccccc23)c1. The molecule has 4 aromatic rings. The van der Waals surface area contributed by atoms with Gasteiger partial charge in [-0.2, -0.15) is 0 Å². The van der Waals surface area contributed by atoms with E-state index in [2.05, 4.69) is 89.4 Å². The Bertz CT molecular complexity index is 928. The summed E-state index contributed by atoms with van der Waals surface area (Å²) in [5.74, 6) is 0. The van der Waals surface area contributed by atoms with Crippen LogP contribution in [-0.4, -0.2) is 4.57 Å². The highest BCUT2D eigenvalue weighted by molar-refractivity contribution is 6.02. The number of nitrogens with zero attached hydrogens (tertiary/aromatic N) is 2. The minimum Gasteiger partial charge on any atom is -0.237 e. The van der Waals surface area contributed by atoms with Gasteiger partial charge in [-0.25, -0.2) is 9.13 Å². The largest absolute Gasteiger partial charge is 0.244 e. The molecule has 1 heterocycles. The number of fused-ring (bicyclic) bond motifs is 2. The second-order valence-electron chi connectivity index (χ2n) is 6.47. The van der Waals surface area contributed by atoms with Crippen LogP contribution in [0.15, 0.2) is 73.3 Å². The van der Waals surface area contributed by atoms with Gasteiger partial charge in [-0.3, -0.25) is 0 Å². The van der Waals surface area contributed by atoms with E-state index in [1.165, 1.54) is 39.9 Å². The summed E-state index contributed by atoms with van der Waals surface area (Å²) >= 11 is 0. The molecule has 0 amide bonds. The van der Waals surface area contributed by atoms with Gasteiger partial charge in [0.1, 0.15) is 18.9 Å². The maximum atomic E-state index is 2.30. The zero-order chi connectivity index (χ0) is 16.4. The Labute approximate surface area is 143 Å². The molecule has 0 aliphatic heterocycles. The van der Waals surface area contributed by atoms with Crippen molar-refractivity contribution in [2.45, 2.75) is 32.9 Å². The van der Waals surface area contributed by atoms with Crippen molar-refractivity contribution >= 4 is 21.5 Å². The number of hydrogen-bond acceptors (Lipinski definition) is 0. The van der Waals surface area contributed by atoms with Crippen molar-refractivity contribution < 1.29 is 4.57 Å². The Hall–Kier alpha value is -2.61. The third-order valence-electron chi connectivity index (χ3n) is 4.74. The van der Waals surface area contributed by atoms with Gasteiger partial charge in [0.05, 0.1) is 6.54 Å². The van der Waals surface area contributed by atoms with Gasteiger partial charge in [0, 0.05) is 5.56 Å². The summed E-state index contributed by atoms with van der Waals surface area (Å²) in [6.07, 6.45) is 9.05. The fraction of sp³-hybridized carbons (Fsp3) is 0.227. The van der Waals surface area contributed by atoms with Crippen LogP contribution < -0.4 is 4.57 Å². The number of aryl methyl sites for hydroxylation is 1. The lowest BCUT2D eigenvalue weighted by molar-refractivity contribution is -0.687. The standard InChI is InChI=1S/C22H23N2/c1-2-3-12-23-13-14-24(17-23)16-22-20-10-6-4-8-18(20)15-19-9-5-7-11-21(19)22/h4-11,13-15,17H,2-3,12,16H2,1H3/q+1. The zero-order valence-corrected chi connectivity index (χ0v) is 14.2. The van der Waals surface area contributed by atoms with Crippen LogP contribution >= 0.6 is 0 Å². The maximum absolute atomic E-state index is 2.30. The van der Waals surface area contributed by atoms with Gasteiger partial charge in [-0.05, 0) is 34.0 Å². The molecule has 0 atom stereocenters. The molecule has 0 saturated heterocycles. The van der Waals surface area contributed by atoms with Crippen molar-refractivity contribution in [3.8, 4) is 0 Å². The van der Waals surface area contributed by atoms with Crippen LogP contribution in [0, 0.1) is 0 Å². The van der Waals surface area contributed by atoms with Gasteiger partial charge < -0.3 is 0 Å². The summed E-state index contributed by atoms with van der Waals surface area (Å²) in [6.45, 7) is 4.24. The molecule has 0 N–H and O–H groups in total. The number of imidazole rings is 1. The first-order chi connectivity index (χ1) is 11.8. The van der Waals surface area contributed by atoms with Crippen LogP contribution in [0.5, 0.6) is 0 Å². The topological polar surface area (TPSA) is 8.81 Å². The number of rotatable bonds is 5. The first-order valence-electron chi connectivity index (χ1n) is 8.79. The van der Waals surface area contributed by atoms with Crippen LogP contribution in [0.25, 0.3) is 21.5 Å². The molecule has 1 aromatic heterocycles. The highest BCUT2D eigenvalue weighted by Gasteiger charge is 2.11. The van der Waals surface area contributed by atoms with Gasteiger partial charge in [0.15, 0.2) is 0 Å². The Kier molecular flexibility index (Phi) is 4.04. The van der Waals surface area contributed by atoms with Gasteiger partial charge in [-0.1, -0.05) is 61.9 Å². The van der Waals surface area contributed by atoms with Gasteiger partial charge >= 0.3 is 0 Å². The van der Waals surface area contributed by atoms with E-state index in [1.807, 2.05) is 0 Å². The number of aromatic nitrogens is 2. The lowest BCUT2D eigenvalue weighted by Crippen LogP contribution is -2.31. The fourth-order valence-electron chi connectivity index (χ4n) is 3.47. The van der Waals surface area contributed by atoms with Crippen LogP contribution in [0.4, 0.5) is 0 Å². The quantitative estimate of drug-likeness (QED) is 0.365. The highest BCUT2D eigenvalue weighted by atomic mass is 15.1. The Morgan fingerprint density at radius 2 is 1.58 bits per heavy atom. The molecule has 0 saturated carbocycles. The lowest BCUT2D eigenvalue weighted by atomic mass is 9.97. The van der Waals surface area contributed by atoms with Crippen LogP contribution in [0.2, 0.25) is 0 Å². The predicted octanol–water partition coefficient (Wildman–Crippen LogP) is 4.93. The first kappa shape index (κ1) is 14.9. The summed E-state index contributed by atoms with van der Waals surface area (Å²) < 4.78 is 4.58. The molecule has 0 fully saturated rings. The Morgan fingerprint density at radius 1 is 0.917 bits per heavy atom. The van der Waals surface area contributed by atoms with Crippen molar-refractivity contribution in [1.82, 2.24) is 4.57 Å². The normalized spacial score (nSPS) is 11.4. The summed E-state index contributed by atoms with van der Waals surface area (Å²) in [5, 5.41) is 5.34. The predicted molar refractivity (Wildman–Crippen MR) is 100 cm³/mol. The van der Waals surface area contributed by atoms with Crippen molar-refractivity contribution in [2.75, 3.05) is 0 Å². The number of hydrogen-bond donors (Lipinski definition) is 0. The molecule has 0 unspecified atom stereocenters. The third-order valence-corrected chi connectivity index (χ3v) is 4.74. The van der Waals surface area contributed by atoms with E-state index < -0.39 is 0 Å². The molecule has 0 bridgehead atoms. The monoisotopic (exact) mass is 315 g/mol. The van der Waals surface area contributed by atoms with Crippen LogP contribution in [0.3, 0.4) is 0 Å². The summed E-state index contributed by atoms with van der Waals surface area (Å²) in [7, 11) is 0. The molecule has 0 radical (unpaired) electrons. The molecule has 2 heteroatoms. The van der Waals surface area contributed by atoms with Gasteiger partial charge in [0.25, 0.3) is 0 Å². The van der Waals surface area contributed by atoms with E-state index >= 15 is 0 Å². The molecule has 120 valence electrons. The molecule has 0 aliphatic carbocycles. The summed E-state index contributed by atoms with van der Waals surface area (Å²) in [6, 6.07) is 19.7. The van der Waals surface area contributed by atoms with Gasteiger partial charge in [-0.15, -0.1) is 0 Å². The van der Waals surface area contributed by atoms with E-state index in [4.69, 9.17) is 0 Å². The van der Waals surface area contributed by atoms with Crippen LogP contribution in [-0.2, 0) is 13.1 Å². The molecular formula is C22H23N2+. The number of unbranched alkanes of at least 4 members (excludes halogenated alkanes) is 1. The minimum absolute atomic E-state index is 0.904. The molecule has 2 nitrogen and oxygen atoms in total. The van der Waals surface area contributed by atoms with Crippen molar-refractivity contribution in [3.63, 3.8) is 0 Å². The molecule has 0 spiro atoms. The highest BCUT2D eigenvalue weighted by Crippen LogP contribution is 2.28. The van der Waals surface area contributed by atoms with E-state index in [-0.39, 0.29) is 0 Å². The summed E-state index contributed by atoms with van der Waals surface area (Å²) in [4.78, 5) is 0. The van der Waals surface area contributed by atoms with E-state index in [1.54, 1.807) is 0 Å². The number of benzene rings is 3. The van der Waals surface area contributed by atoms with Gasteiger partial charge in [0.2, 0.25) is 6.33 Å². The lowest BCUT2D eigenvalue weighted by Gasteiger charge is -2.10. The minimum atomic E-state index is 0.904. The van der Waals surface area contributed by atoms with Crippen LogP contribution in [0.1, 0.15) is 25.3 Å². The fourth-order valence-corrected chi connectivity index (χ4v) is 3.47. The van der Waals surface area contributed by atoms with E-state index in [0.29, 0.717) is 0 Å². The third kappa shape index (κ3) is 2.80. The average Bonchev–Trinajstić information content (AvgIpc) is 3.07. The molecule has 4 rings (SSSR count). The van der Waals surface area contributed by atoms with E-state index in [0.717, 1.165) is 13.1 Å². The maximum Gasteiger partial charge on any atom is 0.244 e. The second-order valence-corrected chi connectivity index (χ2v) is 6.47. The zero-order valence-electron chi connectivity index (χ0n) is 14.2. The Balaban J connectivity index is 1.80. The molecule has 3 aromatic carbocycles. The molecule has 24 heavy (non-hydrogen) atoms. The Morgan fingerprint density at radius 3 is 2.25 bits per heavy atom. The summed E-state index contributed by atoms with van der Waals surface area (Å²) in [5.41, 5.74) is 1.40. The smallest absolute Gasteiger partial charge is 0.237 e. The average molecular weight is 315 g/mol. The second kappa shape index (κ2) is 6.48. The molecular weight excluding hydrogens is 292 g/mol. The van der Waals surface area contributed by atoms with Crippen molar-refractivity contribution in [1.29, 1.82) is 0 Å². The molecule has 0 aliphatic rings. The van der Waals surface area contributed by atoms with E-state index in [9.17, 15) is 0 Å².